The second-order valence-corrected chi connectivity index (χ2v) is 6.79. The van der Waals surface area contributed by atoms with Crippen molar-refractivity contribution in [3.05, 3.63) is 87.4 Å². The van der Waals surface area contributed by atoms with E-state index in [0.29, 0.717) is 0 Å². The number of benzene rings is 2. The molecule has 4 heteroatoms. The minimum absolute atomic E-state index is 0.229. The van der Waals surface area contributed by atoms with Crippen molar-refractivity contribution >= 4 is 17.6 Å². The summed E-state index contributed by atoms with van der Waals surface area (Å²) in [6.45, 7) is 5.25. The lowest BCUT2D eigenvalue weighted by Gasteiger charge is -1.97. The molecule has 3 nitrogen and oxygen atoms in total. The molecule has 0 radical (unpaired) electrons. The molecular weight excluding hydrogens is 330 g/mol. The summed E-state index contributed by atoms with van der Waals surface area (Å²) >= 11 is 1.72. The van der Waals surface area contributed by atoms with Crippen LogP contribution in [-0.2, 0) is 13.0 Å². The molecule has 0 bridgehead atoms. The Morgan fingerprint density at radius 3 is 2.32 bits per heavy atom. The van der Waals surface area contributed by atoms with E-state index in [1.165, 1.54) is 21.7 Å². The number of aryl methyl sites for hydroxylation is 1. The van der Waals surface area contributed by atoms with Gasteiger partial charge in [-0.25, -0.2) is 0 Å². The van der Waals surface area contributed by atoms with Crippen LogP contribution in [0.15, 0.2) is 60.1 Å². The molecule has 0 aliphatic carbocycles. The highest BCUT2D eigenvalue weighted by atomic mass is 32.1. The first-order chi connectivity index (χ1) is 12.1. The van der Waals surface area contributed by atoms with Crippen LogP contribution in [0, 0.1) is 13.8 Å². The molecule has 0 saturated heterocycles. The maximum absolute atomic E-state index is 10.1. The average Bonchev–Trinajstić information content (AvgIpc) is 2.98. The summed E-state index contributed by atoms with van der Waals surface area (Å²) < 4.78 is 2.24. The van der Waals surface area contributed by atoms with Crippen molar-refractivity contribution in [1.82, 2.24) is 0 Å². The van der Waals surface area contributed by atoms with Gasteiger partial charge in [-0.1, -0.05) is 71.5 Å². The molecule has 0 aliphatic rings. The highest BCUT2D eigenvalue weighted by molar-refractivity contribution is 7.09. The van der Waals surface area contributed by atoms with Crippen LogP contribution < -0.4 is 4.57 Å². The normalized spacial score (nSPS) is 10.0. The number of thiazole rings is 1. The van der Waals surface area contributed by atoms with Gasteiger partial charge in [0.15, 0.2) is 12.2 Å². The summed E-state index contributed by atoms with van der Waals surface area (Å²) in [6, 6.07) is 17.9. The molecule has 1 N–H and O–H groups in total. The van der Waals surface area contributed by atoms with Crippen molar-refractivity contribution in [2.45, 2.75) is 26.8 Å². The molecule has 0 amide bonds. The summed E-state index contributed by atoms with van der Waals surface area (Å²) in [6.07, 6.45) is 1.61. The molecule has 130 valence electrons. The van der Waals surface area contributed by atoms with Gasteiger partial charge in [-0.3, -0.25) is 4.79 Å². The second kappa shape index (κ2) is 9.87. The van der Waals surface area contributed by atoms with Crippen molar-refractivity contribution in [2.75, 3.05) is 6.61 Å². The number of carbonyl (C=O) groups excluding carboxylic acids is 1. The fourth-order valence-corrected chi connectivity index (χ4v) is 3.36. The Morgan fingerprint density at radius 1 is 1.04 bits per heavy atom. The lowest BCUT2D eigenvalue weighted by atomic mass is 10.2. The molecule has 0 saturated carbocycles. The molecule has 0 atom stereocenters. The minimum atomic E-state index is 0.229. The van der Waals surface area contributed by atoms with Crippen LogP contribution in [0.25, 0.3) is 0 Å². The standard InChI is InChI=1S/C13H16NOS.C8H8O/c1-11-13(7-8-15)16-10-14(11)9-12-5-3-2-4-6-12;1-7-2-4-8(6-9)5-3-7/h2-6,10,15H,7-9H2,1H3;2-6H,1H3/q+1;. The predicted molar refractivity (Wildman–Crippen MR) is 102 cm³/mol. The van der Waals surface area contributed by atoms with Crippen LogP contribution in [-0.4, -0.2) is 18.0 Å². The highest BCUT2D eigenvalue weighted by Crippen LogP contribution is 2.12. The Balaban J connectivity index is 0.000000212. The monoisotopic (exact) mass is 354 g/mol. The highest BCUT2D eigenvalue weighted by Gasteiger charge is 2.14. The summed E-state index contributed by atoms with van der Waals surface area (Å²) in [7, 11) is 0. The van der Waals surface area contributed by atoms with Gasteiger partial charge in [0.25, 0.3) is 0 Å². The summed E-state index contributed by atoms with van der Waals surface area (Å²) in [5, 5.41) is 8.94. The van der Waals surface area contributed by atoms with Crippen LogP contribution in [0.5, 0.6) is 0 Å². The number of rotatable bonds is 5. The molecule has 3 rings (SSSR count). The quantitative estimate of drug-likeness (QED) is 0.560. The molecule has 0 spiro atoms. The van der Waals surface area contributed by atoms with Crippen LogP contribution in [0.2, 0.25) is 0 Å². The molecule has 0 aliphatic heterocycles. The van der Waals surface area contributed by atoms with E-state index in [-0.39, 0.29) is 6.61 Å². The maximum Gasteiger partial charge on any atom is 0.225 e. The van der Waals surface area contributed by atoms with E-state index in [1.807, 2.05) is 37.3 Å². The minimum Gasteiger partial charge on any atom is -0.396 e. The molecule has 2 aromatic carbocycles. The number of aldehydes is 1. The number of nitrogens with zero attached hydrogens (tertiary/aromatic N) is 1. The number of aliphatic hydroxyl groups is 1. The molecule has 1 heterocycles. The van der Waals surface area contributed by atoms with Gasteiger partial charge >= 0.3 is 0 Å². The fraction of sp³-hybridized carbons (Fsp3) is 0.238. The third-order valence-electron chi connectivity index (χ3n) is 3.90. The van der Waals surface area contributed by atoms with Gasteiger partial charge in [-0.2, -0.15) is 4.57 Å². The van der Waals surface area contributed by atoms with Crippen molar-refractivity contribution in [2.24, 2.45) is 0 Å². The van der Waals surface area contributed by atoms with Gasteiger partial charge in [0.05, 0.1) is 4.88 Å². The molecule has 1 aromatic heterocycles. The van der Waals surface area contributed by atoms with Crippen LogP contribution in [0.4, 0.5) is 0 Å². The van der Waals surface area contributed by atoms with Gasteiger partial charge < -0.3 is 5.11 Å². The second-order valence-electron chi connectivity index (χ2n) is 5.85. The molecule has 3 aromatic rings. The van der Waals surface area contributed by atoms with Crippen LogP contribution >= 0.6 is 11.3 Å². The number of carbonyl (C=O) groups is 1. The first kappa shape index (κ1) is 19.0. The van der Waals surface area contributed by atoms with Gasteiger partial charge in [0.1, 0.15) is 6.29 Å². The Hall–Kier alpha value is -2.30. The van der Waals surface area contributed by atoms with E-state index in [0.717, 1.165) is 24.8 Å². The summed E-state index contributed by atoms with van der Waals surface area (Å²) in [4.78, 5) is 11.4. The first-order valence-electron chi connectivity index (χ1n) is 8.27. The molecule has 0 fully saturated rings. The number of aromatic nitrogens is 1. The predicted octanol–water partition coefficient (Wildman–Crippen LogP) is 3.73. The number of hydrogen-bond donors (Lipinski definition) is 1. The Labute approximate surface area is 153 Å². The van der Waals surface area contributed by atoms with Crippen molar-refractivity contribution in [3.8, 4) is 0 Å². The third-order valence-corrected chi connectivity index (χ3v) is 5.05. The Morgan fingerprint density at radius 2 is 1.72 bits per heavy atom. The van der Waals surface area contributed by atoms with Crippen molar-refractivity contribution in [1.29, 1.82) is 0 Å². The van der Waals surface area contributed by atoms with E-state index in [2.05, 4.69) is 41.3 Å². The van der Waals surface area contributed by atoms with Gasteiger partial charge in [0.2, 0.25) is 5.51 Å². The lowest BCUT2D eigenvalue weighted by Crippen LogP contribution is -2.35. The fourth-order valence-electron chi connectivity index (χ4n) is 2.37. The van der Waals surface area contributed by atoms with E-state index >= 15 is 0 Å². The third kappa shape index (κ3) is 5.93. The smallest absolute Gasteiger partial charge is 0.225 e. The number of hydrogen-bond acceptors (Lipinski definition) is 3. The summed E-state index contributed by atoms with van der Waals surface area (Å²) in [5.41, 5.74) is 6.63. The topological polar surface area (TPSA) is 41.2 Å². The van der Waals surface area contributed by atoms with Crippen molar-refractivity contribution in [3.63, 3.8) is 0 Å². The summed E-state index contributed by atoms with van der Waals surface area (Å²) in [5.74, 6) is 0. The number of aliphatic hydroxyl groups excluding tert-OH is 1. The van der Waals surface area contributed by atoms with Crippen LogP contribution in [0.1, 0.15) is 32.1 Å². The van der Waals surface area contributed by atoms with Gasteiger partial charge in [0, 0.05) is 31.1 Å². The SMILES string of the molecule is Cc1c(CCO)sc[n+]1Cc1ccccc1.Cc1ccc(C=O)cc1. The Kier molecular flexibility index (Phi) is 7.51. The maximum atomic E-state index is 10.1. The first-order valence-corrected chi connectivity index (χ1v) is 9.15. The molecular formula is C21H24NO2S+. The van der Waals surface area contributed by atoms with Crippen LogP contribution in [0.3, 0.4) is 0 Å². The van der Waals surface area contributed by atoms with E-state index in [9.17, 15) is 4.79 Å². The van der Waals surface area contributed by atoms with Gasteiger partial charge in [-0.15, -0.1) is 0 Å². The van der Waals surface area contributed by atoms with E-state index < -0.39 is 0 Å². The molecule has 0 unspecified atom stereocenters. The zero-order chi connectivity index (χ0) is 18.1. The molecule has 25 heavy (non-hydrogen) atoms. The van der Waals surface area contributed by atoms with Gasteiger partial charge in [-0.05, 0) is 6.92 Å². The van der Waals surface area contributed by atoms with E-state index in [4.69, 9.17) is 5.11 Å². The zero-order valence-electron chi connectivity index (χ0n) is 14.7. The Bertz CT molecular complexity index is 779. The zero-order valence-corrected chi connectivity index (χ0v) is 15.5. The van der Waals surface area contributed by atoms with Crippen molar-refractivity contribution < 1.29 is 14.5 Å². The average molecular weight is 354 g/mol. The van der Waals surface area contributed by atoms with E-state index in [1.54, 1.807) is 11.3 Å². The largest absolute Gasteiger partial charge is 0.396 e. The lowest BCUT2D eigenvalue weighted by molar-refractivity contribution is -0.689.